The van der Waals surface area contributed by atoms with Gasteiger partial charge >= 0.3 is 6.03 Å². The van der Waals surface area contributed by atoms with Gasteiger partial charge in [-0.1, -0.05) is 25.2 Å². The molecular formula is C17H20FN5O2S. The summed E-state index contributed by atoms with van der Waals surface area (Å²) >= 11 is 1.26. The monoisotopic (exact) mass is 377 g/mol. The first-order chi connectivity index (χ1) is 12.4. The van der Waals surface area contributed by atoms with Gasteiger partial charge < -0.3 is 10.2 Å². The van der Waals surface area contributed by atoms with Crippen molar-refractivity contribution in [1.29, 1.82) is 0 Å². The van der Waals surface area contributed by atoms with E-state index in [0.717, 1.165) is 23.9 Å². The Hall–Kier alpha value is -2.55. The number of hydrogen-bond acceptors (Lipinski definition) is 5. The summed E-state index contributed by atoms with van der Waals surface area (Å²) in [5.74, 6) is -0.912. The van der Waals surface area contributed by atoms with Crippen molar-refractivity contribution < 1.29 is 14.0 Å². The molecule has 1 aliphatic heterocycles. The smallest absolute Gasteiger partial charge is 0.321 e. The van der Waals surface area contributed by atoms with Gasteiger partial charge in [0, 0.05) is 19.0 Å². The molecule has 7 nitrogen and oxygen atoms in total. The molecule has 2 heterocycles. The minimum absolute atomic E-state index is 0.0406. The molecule has 3 amide bonds. The molecule has 0 radical (unpaired) electrons. The average molecular weight is 377 g/mol. The van der Waals surface area contributed by atoms with E-state index in [1.165, 1.54) is 23.5 Å². The van der Waals surface area contributed by atoms with Gasteiger partial charge in [0.2, 0.25) is 5.13 Å². The van der Waals surface area contributed by atoms with Crippen molar-refractivity contribution in [1.82, 2.24) is 15.1 Å². The molecule has 0 unspecified atom stereocenters. The van der Waals surface area contributed by atoms with Crippen LogP contribution in [0.3, 0.4) is 0 Å². The Kier molecular flexibility index (Phi) is 5.46. The largest absolute Gasteiger partial charge is 0.325 e. The van der Waals surface area contributed by atoms with Gasteiger partial charge in [-0.25, -0.2) is 9.18 Å². The second kappa shape index (κ2) is 7.77. The third kappa shape index (κ3) is 4.16. The highest BCUT2D eigenvalue weighted by molar-refractivity contribution is 7.15. The summed E-state index contributed by atoms with van der Waals surface area (Å²) in [5, 5.41) is 14.4. The van der Waals surface area contributed by atoms with Crippen LogP contribution in [0.4, 0.5) is 20.0 Å². The summed E-state index contributed by atoms with van der Waals surface area (Å²) in [7, 11) is 0. The maximum Gasteiger partial charge on any atom is 0.321 e. The number of nitrogens with zero attached hydrogens (tertiary/aromatic N) is 3. The lowest BCUT2D eigenvalue weighted by Crippen LogP contribution is -2.32. The van der Waals surface area contributed by atoms with E-state index < -0.39 is 11.7 Å². The molecule has 0 atom stereocenters. The number of carbonyl (C=O) groups is 2. The van der Waals surface area contributed by atoms with E-state index in [4.69, 9.17) is 0 Å². The third-order valence-electron chi connectivity index (χ3n) is 4.02. The average Bonchev–Trinajstić information content (AvgIpc) is 3.27. The van der Waals surface area contributed by atoms with Crippen molar-refractivity contribution >= 4 is 34.1 Å². The van der Waals surface area contributed by atoms with Gasteiger partial charge in [-0.15, -0.1) is 10.2 Å². The Balaban J connectivity index is 1.77. The van der Waals surface area contributed by atoms with E-state index in [0.29, 0.717) is 18.2 Å². The van der Waals surface area contributed by atoms with Gasteiger partial charge in [0.25, 0.3) is 5.91 Å². The number of likely N-dealkylation sites (tertiary alicyclic amines) is 1. The molecule has 9 heteroatoms. The van der Waals surface area contributed by atoms with Crippen LogP contribution in [-0.2, 0) is 0 Å². The van der Waals surface area contributed by atoms with Gasteiger partial charge in [0.15, 0.2) is 0 Å². The molecule has 1 saturated heterocycles. The first-order valence-corrected chi connectivity index (χ1v) is 9.26. The third-order valence-corrected chi connectivity index (χ3v) is 5.16. The Morgan fingerprint density at radius 1 is 1.19 bits per heavy atom. The number of hydrogen-bond donors (Lipinski definition) is 2. The highest BCUT2D eigenvalue weighted by Crippen LogP contribution is 2.24. The van der Waals surface area contributed by atoms with Crippen LogP contribution in [0.1, 0.15) is 48.0 Å². The Morgan fingerprint density at radius 3 is 2.58 bits per heavy atom. The topological polar surface area (TPSA) is 87.2 Å². The first-order valence-electron chi connectivity index (χ1n) is 8.44. The number of nitrogens with one attached hydrogen (secondary N) is 2. The predicted octanol–water partition coefficient (Wildman–Crippen LogP) is 3.68. The molecule has 26 heavy (non-hydrogen) atoms. The van der Waals surface area contributed by atoms with Gasteiger partial charge in [0.1, 0.15) is 10.8 Å². The number of benzene rings is 1. The molecular weight excluding hydrogens is 357 g/mol. The van der Waals surface area contributed by atoms with Crippen molar-refractivity contribution in [3.05, 3.63) is 34.6 Å². The fourth-order valence-electron chi connectivity index (χ4n) is 2.61. The zero-order valence-electron chi connectivity index (χ0n) is 14.6. The minimum Gasteiger partial charge on any atom is -0.325 e. The zero-order valence-corrected chi connectivity index (χ0v) is 15.4. The van der Waals surface area contributed by atoms with E-state index in [1.807, 2.05) is 13.8 Å². The summed E-state index contributed by atoms with van der Waals surface area (Å²) in [6.07, 6.45) is 1.92. The van der Waals surface area contributed by atoms with Crippen molar-refractivity contribution in [2.75, 3.05) is 23.7 Å². The highest BCUT2D eigenvalue weighted by atomic mass is 32.1. The van der Waals surface area contributed by atoms with E-state index in [2.05, 4.69) is 20.8 Å². The van der Waals surface area contributed by atoms with Gasteiger partial charge in [0.05, 0.1) is 11.3 Å². The molecule has 0 spiro atoms. The molecule has 2 N–H and O–H groups in total. The number of amides is 3. The normalized spacial score (nSPS) is 13.9. The summed E-state index contributed by atoms with van der Waals surface area (Å²) in [6.45, 7) is 5.31. The molecule has 1 aromatic heterocycles. The number of urea groups is 1. The van der Waals surface area contributed by atoms with Crippen LogP contribution < -0.4 is 10.6 Å². The van der Waals surface area contributed by atoms with Gasteiger partial charge in [-0.05, 0) is 31.0 Å². The van der Waals surface area contributed by atoms with Crippen LogP contribution in [-0.4, -0.2) is 40.1 Å². The van der Waals surface area contributed by atoms with Crippen molar-refractivity contribution in [3.8, 4) is 0 Å². The molecule has 3 rings (SSSR count). The molecule has 0 bridgehead atoms. The molecule has 138 valence electrons. The second-order valence-corrected chi connectivity index (χ2v) is 7.38. The van der Waals surface area contributed by atoms with Gasteiger partial charge in [-0.2, -0.15) is 0 Å². The Labute approximate surface area is 154 Å². The predicted molar refractivity (Wildman–Crippen MR) is 98.2 cm³/mol. The van der Waals surface area contributed by atoms with Crippen molar-refractivity contribution in [2.45, 2.75) is 32.6 Å². The number of carbonyl (C=O) groups excluding carboxylic acids is 2. The highest BCUT2D eigenvalue weighted by Gasteiger charge is 2.21. The fourth-order valence-corrected chi connectivity index (χ4v) is 3.35. The Bertz CT molecular complexity index is 817. The molecule has 1 aromatic carbocycles. The Morgan fingerprint density at radius 2 is 1.92 bits per heavy atom. The maximum atomic E-state index is 13.7. The van der Waals surface area contributed by atoms with E-state index in [9.17, 15) is 14.0 Å². The summed E-state index contributed by atoms with van der Waals surface area (Å²) in [6, 6.07) is 3.40. The fraction of sp³-hybridized carbons (Fsp3) is 0.412. The quantitative estimate of drug-likeness (QED) is 0.851. The second-order valence-electron chi connectivity index (χ2n) is 6.37. The zero-order chi connectivity index (χ0) is 18.7. The summed E-state index contributed by atoms with van der Waals surface area (Å²) in [5.41, 5.74) is 0.299. The molecule has 1 fully saturated rings. The summed E-state index contributed by atoms with van der Waals surface area (Å²) < 4.78 is 13.7. The van der Waals surface area contributed by atoms with Crippen LogP contribution in [0, 0.1) is 5.82 Å². The minimum atomic E-state index is -0.561. The van der Waals surface area contributed by atoms with E-state index >= 15 is 0 Å². The number of rotatable bonds is 4. The first kappa shape index (κ1) is 18.2. The van der Waals surface area contributed by atoms with Crippen LogP contribution in [0.5, 0.6) is 0 Å². The molecule has 0 saturated carbocycles. The lowest BCUT2D eigenvalue weighted by atomic mass is 10.1. The van der Waals surface area contributed by atoms with Crippen LogP contribution >= 0.6 is 11.3 Å². The molecule has 2 aromatic rings. The van der Waals surface area contributed by atoms with E-state index in [1.54, 1.807) is 4.90 Å². The van der Waals surface area contributed by atoms with Gasteiger partial charge in [-0.3, -0.25) is 10.1 Å². The molecule has 1 aliphatic rings. The van der Waals surface area contributed by atoms with E-state index in [-0.39, 0.29) is 23.2 Å². The number of anilines is 2. The number of halogens is 1. The lowest BCUT2D eigenvalue weighted by Gasteiger charge is -2.17. The number of aromatic nitrogens is 2. The standard InChI is InChI=1S/C17H20FN5O2S/c1-10(2)15-21-22-16(26-15)20-14(24)12-9-11(18)5-6-13(12)19-17(25)23-7-3-4-8-23/h5-6,9-10H,3-4,7-8H2,1-2H3,(H,19,25)(H,20,22,24). The van der Waals surface area contributed by atoms with Crippen molar-refractivity contribution in [2.24, 2.45) is 0 Å². The lowest BCUT2D eigenvalue weighted by molar-refractivity contribution is 0.102. The van der Waals surface area contributed by atoms with Crippen LogP contribution in [0.2, 0.25) is 0 Å². The van der Waals surface area contributed by atoms with Crippen LogP contribution in [0.15, 0.2) is 18.2 Å². The summed E-state index contributed by atoms with van der Waals surface area (Å²) in [4.78, 5) is 26.5. The molecule has 0 aliphatic carbocycles. The SMILES string of the molecule is CC(C)c1nnc(NC(=O)c2cc(F)ccc2NC(=O)N2CCCC2)s1. The van der Waals surface area contributed by atoms with Crippen LogP contribution in [0.25, 0.3) is 0 Å². The van der Waals surface area contributed by atoms with Crippen molar-refractivity contribution in [3.63, 3.8) is 0 Å². The maximum absolute atomic E-state index is 13.7.